The van der Waals surface area contributed by atoms with E-state index >= 15 is 0 Å². The van der Waals surface area contributed by atoms with E-state index in [1.807, 2.05) is 25.3 Å². The predicted octanol–water partition coefficient (Wildman–Crippen LogP) is 3.02. The van der Waals surface area contributed by atoms with Crippen LogP contribution in [0.15, 0.2) is 30.4 Å². The minimum absolute atomic E-state index is 0.0469. The number of para-hydroxylation sites is 1. The molecular weight excluding hydrogens is 252 g/mol. The molecule has 2 atom stereocenters. The smallest absolute Gasteiger partial charge is 0.307 e. The van der Waals surface area contributed by atoms with E-state index in [0.29, 0.717) is 6.42 Å². The van der Waals surface area contributed by atoms with Crippen LogP contribution in [0.3, 0.4) is 0 Å². The molecule has 0 saturated heterocycles. The van der Waals surface area contributed by atoms with Gasteiger partial charge in [-0.25, -0.2) is 4.98 Å². The highest BCUT2D eigenvalue weighted by Crippen LogP contribution is 2.35. The van der Waals surface area contributed by atoms with E-state index in [0.717, 1.165) is 23.3 Å². The lowest BCUT2D eigenvalue weighted by atomic mass is 9.82. The van der Waals surface area contributed by atoms with Crippen LogP contribution in [-0.2, 0) is 11.8 Å². The van der Waals surface area contributed by atoms with E-state index in [1.54, 1.807) is 0 Å². The van der Waals surface area contributed by atoms with Gasteiger partial charge in [0.1, 0.15) is 5.82 Å². The van der Waals surface area contributed by atoms with Crippen molar-refractivity contribution in [3.05, 3.63) is 41.7 Å². The Morgan fingerprint density at radius 2 is 2.10 bits per heavy atom. The van der Waals surface area contributed by atoms with Gasteiger partial charge in [-0.3, -0.25) is 4.79 Å². The fourth-order valence-corrected chi connectivity index (χ4v) is 3.19. The molecule has 0 radical (unpaired) electrons. The van der Waals surface area contributed by atoms with Crippen molar-refractivity contribution in [2.45, 2.75) is 25.7 Å². The average molecular weight is 270 g/mol. The van der Waals surface area contributed by atoms with Crippen LogP contribution in [0.25, 0.3) is 11.0 Å². The molecule has 0 amide bonds. The van der Waals surface area contributed by atoms with Gasteiger partial charge in [-0.15, -0.1) is 0 Å². The number of fused-ring (bicyclic) bond motifs is 1. The Morgan fingerprint density at radius 3 is 2.80 bits per heavy atom. The number of carboxylic acid groups (broad SMARTS) is 1. The third kappa shape index (κ3) is 1.92. The molecule has 0 aliphatic heterocycles. The summed E-state index contributed by atoms with van der Waals surface area (Å²) in [6.45, 7) is 2.06. The van der Waals surface area contributed by atoms with Gasteiger partial charge in [-0.05, 0) is 31.4 Å². The minimum atomic E-state index is -0.733. The van der Waals surface area contributed by atoms with Crippen molar-refractivity contribution in [2.24, 2.45) is 13.0 Å². The van der Waals surface area contributed by atoms with Gasteiger partial charge in [0.25, 0.3) is 0 Å². The van der Waals surface area contributed by atoms with Gasteiger partial charge in [0, 0.05) is 13.0 Å². The van der Waals surface area contributed by atoms with Gasteiger partial charge in [0.05, 0.1) is 17.0 Å². The number of rotatable bonds is 2. The molecule has 1 aliphatic rings. The number of carbonyl (C=O) groups is 1. The number of imidazole rings is 1. The summed E-state index contributed by atoms with van der Waals surface area (Å²) in [6.07, 6.45) is 5.36. The predicted molar refractivity (Wildman–Crippen MR) is 77.7 cm³/mol. The second-order valence-corrected chi connectivity index (χ2v) is 5.47. The lowest BCUT2D eigenvalue weighted by Crippen LogP contribution is -2.25. The van der Waals surface area contributed by atoms with E-state index in [2.05, 4.69) is 23.6 Å². The molecule has 0 unspecified atom stereocenters. The molecule has 0 spiro atoms. The molecule has 1 N–H and O–H groups in total. The maximum Gasteiger partial charge on any atom is 0.307 e. The zero-order valence-electron chi connectivity index (χ0n) is 11.7. The summed E-state index contributed by atoms with van der Waals surface area (Å²) >= 11 is 0. The number of aliphatic carboxylic acids is 1. The van der Waals surface area contributed by atoms with Crippen LogP contribution in [0.5, 0.6) is 0 Å². The molecule has 0 saturated carbocycles. The van der Waals surface area contributed by atoms with Gasteiger partial charge in [-0.2, -0.15) is 0 Å². The monoisotopic (exact) mass is 270 g/mol. The van der Waals surface area contributed by atoms with E-state index in [-0.39, 0.29) is 11.8 Å². The molecule has 1 aliphatic carbocycles. The lowest BCUT2D eigenvalue weighted by Gasteiger charge is -2.24. The largest absolute Gasteiger partial charge is 0.481 e. The molecule has 104 valence electrons. The van der Waals surface area contributed by atoms with Crippen molar-refractivity contribution in [2.75, 3.05) is 0 Å². The first-order chi connectivity index (χ1) is 9.59. The van der Waals surface area contributed by atoms with Crippen molar-refractivity contribution in [3.8, 4) is 0 Å². The number of aromatic nitrogens is 2. The van der Waals surface area contributed by atoms with Crippen LogP contribution in [0.4, 0.5) is 0 Å². The van der Waals surface area contributed by atoms with Gasteiger partial charge < -0.3 is 9.67 Å². The summed E-state index contributed by atoms with van der Waals surface area (Å²) in [6, 6.07) is 6.04. The van der Waals surface area contributed by atoms with Crippen LogP contribution in [0, 0.1) is 12.8 Å². The topological polar surface area (TPSA) is 55.1 Å². The molecule has 2 aromatic rings. The van der Waals surface area contributed by atoms with Crippen LogP contribution in [0.1, 0.15) is 30.1 Å². The maximum absolute atomic E-state index is 11.5. The fourth-order valence-electron chi connectivity index (χ4n) is 3.19. The molecule has 1 aromatic carbocycles. The number of benzene rings is 1. The first-order valence-corrected chi connectivity index (χ1v) is 6.89. The van der Waals surface area contributed by atoms with Crippen LogP contribution < -0.4 is 0 Å². The van der Waals surface area contributed by atoms with Crippen molar-refractivity contribution >= 4 is 17.0 Å². The highest BCUT2D eigenvalue weighted by Gasteiger charge is 2.33. The summed E-state index contributed by atoms with van der Waals surface area (Å²) in [5.74, 6) is -0.278. The van der Waals surface area contributed by atoms with E-state index in [9.17, 15) is 9.90 Å². The number of hydrogen-bond donors (Lipinski definition) is 1. The van der Waals surface area contributed by atoms with Crippen molar-refractivity contribution in [1.29, 1.82) is 0 Å². The minimum Gasteiger partial charge on any atom is -0.481 e. The second kappa shape index (κ2) is 4.78. The van der Waals surface area contributed by atoms with Crippen molar-refractivity contribution in [3.63, 3.8) is 0 Å². The highest BCUT2D eigenvalue weighted by molar-refractivity contribution is 5.80. The Kier molecular flexibility index (Phi) is 3.08. The van der Waals surface area contributed by atoms with Gasteiger partial charge in [0.15, 0.2) is 0 Å². The molecule has 4 nitrogen and oxygen atoms in total. The SMILES string of the molecule is Cc1cccc2nc([C@@H]3CC=CC[C@@H]3C(=O)O)n(C)c12. The Bertz CT molecular complexity index is 700. The van der Waals surface area contributed by atoms with Crippen LogP contribution in [0.2, 0.25) is 0 Å². The van der Waals surface area contributed by atoms with Gasteiger partial charge in [0.2, 0.25) is 0 Å². The Hall–Kier alpha value is -2.10. The Balaban J connectivity index is 2.14. The molecule has 0 bridgehead atoms. The number of hydrogen-bond acceptors (Lipinski definition) is 2. The molecular formula is C16H18N2O2. The van der Waals surface area contributed by atoms with Crippen LogP contribution >= 0.6 is 0 Å². The zero-order chi connectivity index (χ0) is 14.3. The first kappa shape index (κ1) is 12.9. The maximum atomic E-state index is 11.5. The Morgan fingerprint density at radius 1 is 1.35 bits per heavy atom. The summed E-state index contributed by atoms with van der Waals surface area (Å²) in [5.41, 5.74) is 3.21. The quantitative estimate of drug-likeness (QED) is 0.853. The molecule has 4 heteroatoms. The van der Waals surface area contributed by atoms with E-state index in [1.165, 1.54) is 5.56 Å². The normalized spacial score (nSPS) is 22.3. The number of carboxylic acids is 1. The standard InChI is InChI=1S/C16H18N2O2/c1-10-6-5-9-13-14(10)18(2)15(17-13)11-7-3-4-8-12(11)16(19)20/h3-6,9,11-12H,7-8H2,1-2H3,(H,19,20)/t11-,12+/m1/s1. The van der Waals surface area contributed by atoms with Crippen LogP contribution in [-0.4, -0.2) is 20.6 Å². The van der Waals surface area contributed by atoms with Crippen molar-refractivity contribution in [1.82, 2.24) is 9.55 Å². The molecule has 1 aromatic heterocycles. The summed E-state index contributed by atoms with van der Waals surface area (Å²) < 4.78 is 2.06. The molecule has 3 rings (SSSR count). The first-order valence-electron chi connectivity index (χ1n) is 6.89. The van der Waals surface area contributed by atoms with Crippen molar-refractivity contribution < 1.29 is 9.90 Å². The second-order valence-electron chi connectivity index (χ2n) is 5.47. The van der Waals surface area contributed by atoms with E-state index < -0.39 is 5.97 Å². The summed E-state index contributed by atoms with van der Waals surface area (Å²) in [7, 11) is 1.98. The third-order valence-electron chi connectivity index (χ3n) is 4.21. The summed E-state index contributed by atoms with van der Waals surface area (Å²) in [5, 5.41) is 9.42. The summed E-state index contributed by atoms with van der Waals surface area (Å²) in [4.78, 5) is 16.2. The average Bonchev–Trinajstić information content (AvgIpc) is 2.77. The highest BCUT2D eigenvalue weighted by atomic mass is 16.4. The fraction of sp³-hybridized carbons (Fsp3) is 0.375. The van der Waals surface area contributed by atoms with Gasteiger partial charge >= 0.3 is 5.97 Å². The zero-order valence-corrected chi connectivity index (χ0v) is 11.7. The van der Waals surface area contributed by atoms with Gasteiger partial charge in [-0.1, -0.05) is 24.3 Å². The molecule has 20 heavy (non-hydrogen) atoms. The Labute approximate surface area is 117 Å². The van der Waals surface area contributed by atoms with E-state index in [4.69, 9.17) is 4.98 Å². The molecule has 0 fully saturated rings. The molecule has 1 heterocycles. The lowest BCUT2D eigenvalue weighted by molar-refractivity contribution is -0.142. The number of allylic oxidation sites excluding steroid dienone is 2. The number of aryl methyl sites for hydroxylation is 2. The third-order valence-corrected chi connectivity index (χ3v) is 4.21. The number of nitrogens with zero attached hydrogens (tertiary/aromatic N) is 2.